The smallest absolute Gasteiger partial charge is 0.0986 e. The molecule has 80 valence electrons. The molecule has 0 saturated heterocycles. The van der Waals surface area contributed by atoms with Gasteiger partial charge in [-0.2, -0.15) is 0 Å². The SMILES string of the molecule is CC(C)OC(=C1CC1)C1CCCCC1. The first-order valence-electron chi connectivity index (χ1n) is 6.16. The van der Waals surface area contributed by atoms with Gasteiger partial charge in [0, 0.05) is 5.92 Å². The zero-order chi connectivity index (χ0) is 9.97. The van der Waals surface area contributed by atoms with Crippen molar-refractivity contribution in [3.8, 4) is 0 Å². The molecular weight excluding hydrogens is 172 g/mol. The van der Waals surface area contributed by atoms with Crippen LogP contribution in [0.25, 0.3) is 0 Å². The third-order valence-electron chi connectivity index (χ3n) is 3.19. The van der Waals surface area contributed by atoms with Gasteiger partial charge in [-0.05, 0) is 45.1 Å². The second-order valence-electron chi connectivity index (χ2n) is 4.97. The molecule has 2 rings (SSSR count). The Morgan fingerprint density at radius 3 is 2.29 bits per heavy atom. The van der Waals surface area contributed by atoms with Crippen LogP contribution in [0.3, 0.4) is 0 Å². The zero-order valence-electron chi connectivity index (χ0n) is 9.51. The molecule has 0 heterocycles. The van der Waals surface area contributed by atoms with Gasteiger partial charge < -0.3 is 4.74 Å². The van der Waals surface area contributed by atoms with E-state index in [4.69, 9.17) is 4.74 Å². The standard InChI is InChI=1S/C13H22O/c1-10(2)14-13(12-8-9-12)11-6-4-3-5-7-11/h10-11H,3-9H2,1-2H3. The van der Waals surface area contributed by atoms with Crippen molar-refractivity contribution in [2.75, 3.05) is 0 Å². The van der Waals surface area contributed by atoms with Crippen molar-refractivity contribution < 1.29 is 4.74 Å². The lowest BCUT2D eigenvalue weighted by molar-refractivity contribution is 0.108. The summed E-state index contributed by atoms with van der Waals surface area (Å²) in [6, 6.07) is 0. The molecule has 0 unspecified atom stereocenters. The van der Waals surface area contributed by atoms with E-state index >= 15 is 0 Å². The van der Waals surface area contributed by atoms with Crippen LogP contribution in [-0.4, -0.2) is 6.10 Å². The lowest BCUT2D eigenvalue weighted by Crippen LogP contribution is -2.15. The summed E-state index contributed by atoms with van der Waals surface area (Å²) in [5, 5.41) is 0. The lowest BCUT2D eigenvalue weighted by atomic mass is 9.87. The summed E-state index contributed by atoms with van der Waals surface area (Å²) in [7, 11) is 0. The topological polar surface area (TPSA) is 9.23 Å². The first kappa shape index (κ1) is 10.1. The van der Waals surface area contributed by atoms with Gasteiger partial charge in [0.25, 0.3) is 0 Å². The van der Waals surface area contributed by atoms with Crippen molar-refractivity contribution in [2.24, 2.45) is 5.92 Å². The highest BCUT2D eigenvalue weighted by molar-refractivity contribution is 5.23. The molecule has 2 saturated carbocycles. The van der Waals surface area contributed by atoms with Crippen LogP contribution in [0.5, 0.6) is 0 Å². The van der Waals surface area contributed by atoms with Crippen LogP contribution in [0, 0.1) is 5.92 Å². The summed E-state index contributed by atoms with van der Waals surface area (Å²) in [4.78, 5) is 0. The molecule has 0 radical (unpaired) electrons. The molecule has 2 fully saturated rings. The maximum Gasteiger partial charge on any atom is 0.0986 e. The number of rotatable bonds is 3. The Labute approximate surface area is 87.5 Å². The minimum atomic E-state index is 0.361. The Hall–Kier alpha value is -0.460. The van der Waals surface area contributed by atoms with Gasteiger partial charge in [-0.1, -0.05) is 19.3 Å². The largest absolute Gasteiger partial charge is 0.495 e. The normalized spacial score (nSPS) is 22.6. The van der Waals surface area contributed by atoms with Crippen molar-refractivity contribution in [1.82, 2.24) is 0 Å². The van der Waals surface area contributed by atoms with Gasteiger partial charge in [-0.3, -0.25) is 0 Å². The molecule has 0 bridgehead atoms. The predicted molar refractivity (Wildman–Crippen MR) is 59.1 cm³/mol. The Kier molecular flexibility index (Phi) is 3.15. The molecule has 0 spiro atoms. The van der Waals surface area contributed by atoms with E-state index in [9.17, 15) is 0 Å². The van der Waals surface area contributed by atoms with Gasteiger partial charge in [0.1, 0.15) is 0 Å². The van der Waals surface area contributed by atoms with E-state index in [0.29, 0.717) is 6.10 Å². The Morgan fingerprint density at radius 2 is 1.79 bits per heavy atom. The molecule has 14 heavy (non-hydrogen) atoms. The molecule has 2 aliphatic carbocycles. The van der Waals surface area contributed by atoms with E-state index in [-0.39, 0.29) is 0 Å². The zero-order valence-corrected chi connectivity index (χ0v) is 9.51. The predicted octanol–water partition coefficient (Wildman–Crippen LogP) is 4.04. The summed E-state index contributed by atoms with van der Waals surface area (Å²) < 4.78 is 5.99. The fraction of sp³-hybridized carbons (Fsp3) is 0.846. The highest BCUT2D eigenvalue weighted by Crippen LogP contribution is 2.40. The van der Waals surface area contributed by atoms with Crippen molar-refractivity contribution in [2.45, 2.75) is 64.9 Å². The monoisotopic (exact) mass is 194 g/mol. The molecule has 0 aromatic heterocycles. The van der Waals surface area contributed by atoms with Crippen LogP contribution in [-0.2, 0) is 4.74 Å². The van der Waals surface area contributed by atoms with E-state index in [1.807, 2.05) is 0 Å². The molecule has 0 aromatic carbocycles. The molecule has 0 amide bonds. The summed E-state index contributed by atoms with van der Waals surface area (Å²) in [6.45, 7) is 4.29. The van der Waals surface area contributed by atoms with Gasteiger partial charge in [0.05, 0.1) is 11.9 Å². The Bertz CT molecular complexity index is 215. The van der Waals surface area contributed by atoms with Crippen molar-refractivity contribution in [1.29, 1.82) is 0 Å². The molecule has 0 aromatic rings. The third-order valence-corrected chi connectivity index (χ3v) is 3.19. The molecule has 2 aliphatic rings. The van der Waals surface area contributed by atoms with E-state index in [1.165, 1.54) is 50.7 Å². The van der Waals surface area contributed by atoms with E-state index in [0.717, 1.165) is 5.92 Å². The highest BCUT2D eigenvalue weighted by Gasteiger charge is 2.27. The minimum absolute atomic E-state index is 0.361. The third kappa shape index (κ3) is 2.52. The molecule has 0 aliphatic heterocycles. The number of hydrogen-bond donors (Lipinski definition) is 0. The van der Waals surface area contributed by atoms with E-state index in [1.54, 1.807) is 5.57 Å². The quantitative estimate of drug-likeness (QED) is 0.616. The lowest BCUT2D eigenvalue weighted by Gasteiger charge is -2.26. The number of allylic oxidation sites excluding steroid dienone is 2. The number of ether oxygens (including phenoxy) is 1. The van der Waals surface area contributed by atoms with Crippen molar-refractivity contribution in [3.05, 3.63) is 11.3 Å². The maximum absolute atomic E-state index is 5.99. The van der Waals surface area contributed by atoms with Crippen molar-refractivity contribution >= 4 is 0 Å². The average Bonchev–Trinajstić information content (AvgIpc) is 2.99. The molecular formula is C13H22O. The fourth-order valence-corrected chi connectivity index (χ4v) is 2.40. The maximum atomic E-state index is 5.99. The van der Waals surface area contributed by atoms with Crippen LogP contribution in [0.1, 0.15) is 58.8 Å². The summed E-state index contributed by atoms with van der Waals surface area (Å²) in [5.41, 5.74) is 1.62. The van der Waals surface area contributed by atoms with Crippen molar-refractivity contribution in [3.63, 3.8) is 0 Å². The van der Waals surface area contributed by atoms with Gasteiger partial charge in [0.15, 0.2) is 0 Å². The number of hydrogen-bond acceptors (Lipinski definition) is 1. The van der Waals surface area contributed by atoms with Crippen LogP contribution in [0.15, 0.2) is 11.3 Å². The van der Waals surface area contributed by atoms with E-state index < -0.39 is 0 Å². The summed E-state index contributed by atoms with van der Waals surface area (Å²) >= 11 is 0. The van der Waals surface area contributed by atoms with Gasteiger partial charge >= 0.3 is 0 Å². The van der Waals surface area contributed by atoms with Crippen LogP contribution in [0.4, 0.5) is 0 Å². The second kappa shape index (κ2) is 4.37. The second-order valence-corrected chi connectivity index (χ2v) is 4.97. The Morgan fingerprint density at radius 1 is 1.14 bits per heavy atom. The van der Waals surface area contributed by atoms with Crippen LogP contribution in [0.2, 0.25) is 0 Å². The van der Waals surface area contributed by atoms with E-state index in [2.05, 4.69) is 13.8 Å². The molecule has 0 atom stereocenters. The minimum Gasteiger partial charge on any atom is -0.495 e. The van der Waals surface area contributed by atoms with Gasteiger partial charge in [-0.15, -0.1) is 0 Å². The van der Waals surface area contributed by atoms with Crippen LogP contribution >= 0.6 is 0 Å². The highest BCUT2D eigenvalue weighted by atomic mass is 16.5. The molecule has 0 N–H and O–H groups in total. The van der Waals surface area contributed by atoms with Gasteiger partial charge in [-0.25, -0.2) is 0 Å². The summed E-state index contributed by atoms with van der Waals surface area (Å²) in [6.07, 6.45) is 9.95. The first-order valence-corrected chi connectivity index (χ1v) is 6.16. The average molecular weight is 194 g/mol. The molecule has 1 heteroatoms. The molecule has 1 nitrogen and oxygen atoms in total. The summed E-state index contributed by atoms with van der Waals surface area (Å²) in [5.74, 6) is 2.16. The van der Waals surface area contributed by atoms with Gasteiger partial charge in [0.2, 0.25) is 0 Å². The Balaban J connectivity index is 1.99. The fourth-order valence-electron chi connectivity index (χ4n) is 2.40. The van der Waals surface area contributed by atoms with Crippen LogP contribution < -0.4 is 0 Å². The first-order chi connectivity index (χ1) is 6.77.